The van der Waals surface area contributed by atoms with Gasteiger partial charge in [-0.25, -0.2) is 0 Å². The van der Waals surface area contributed by atoms with Crippen molar-refractivity contribution in [2.75, 3.05) is 27.8 Å². The molecule has 342 valence electrons. The highest BCUT2D eigenvalue weighted by Crippen LogP contribution is 2.33. The van der Waals surface area contributed by atoms with Crippen LogP contribution in [0.15, 0.2) is 65.1 Å². The Morgan fingerprint density at radius 1 is 0.823 bits per heavy atom. The van der Waals surface area contributed by atoms with Gasteiger partial charge in [0.05, 0.1) is 42.7 Å². The predicted molar refractivity (Wildman–Crippen MR) is 242 cm³/mol. The molecule has 0 saturated carbocycles. The van der Waals surface area contributed by atoms with Gasteiger partial charge in [0.1, 0.15) is 6.04 Å². The minimum Gasteiger partial charge on any atom is -0.418 e. The second kappa shape index (κ2) is 24.4. The van der Waals surface area contributed by atoms with Crippen molar-refractivity contribution in [1.29, 1.82) is 0 Å². The maximum atomic E-state index is 14.3. The number of aromatic nitrogens is 2. The van der Waals surface area contributed by atoms with Crippen molar-refractivity contribution in [2.24, 2.45) is 35.5 Å². The van der Waals surface area contributed by atoms with Crippen LogP contribution in [-0.2, 0) is 35.1 Å². The maximum Gasteiger partial charge on any atom is 0.247 e. The Morgan fingerprint density at radius 2 is 1.47 bits per heavy atom. The zero-order chi connectivity index (χ0) is 45.5. The Kier molecular flexibility index (Phi) is 19.8. The molecule has 4 rings (SSSR count). The van der Waals surface area contributed by atoms with E-state index in [-0.39, 0.29) is 71.7 Å². The molecule has 3 N–H and O–H groups in total. The number of amides is 3. The number of benzene rings is 2. The maximum absolute atomic E-state index is 14.3. The van der Waals surface area contributed by atoms with E-state index in [0.717, 1.165) is 24.0 Å². The summed E-state index contributed by atoms with van der Waals surface area (Å²) in [6.45, 7) is 16.5. The first-order valence-corrected chi connectivity index (χ1v) is 22.7. The molecule has 2 aromatic carbocycles. The molecule has 1 fully saturated rings. The molecule has 2 heterocycles. The number of likely N-dealkylation sites (tertiary alicyclic amines) is 1. The second-order valence-corrected chi connectivity index (χ2v) is 18.0. The molecule has 1 aliphatic heterocycles. The van der Waals surface area contributed by atoms with Crippen molar-refractivity contribution < 1.29 is 33.1 Å². The highest BCUT2D eigenvalue weighted by molar-refractivity contribution is 5.92. The summed E-state index contributed by atoms with van der Waals surface area (Å²) in [6, 6.07) is 17.4. The van der Waals surface area contributed by atoms with Gasteiger partial charge in [-0.15, -0.1) is 10.2 Å². The minimum absolute atomic E-state index is 0.0172. The third-order valence-corrected chi connectivity index (χ3v) is 13.0. The number of Topliss-reactive ketones (excluding diaryl/α,β-unsaturated/α-hetero) is 1. The first-order chi connectivity index (χ1) is 29.6. The second-order valence-electron chi connectivity index (χ2n) is 18.0. The van der Waals surface area contributed by atoms with Gasteiger partial charge in [0.25, 0.3) is 0 Å². The summed E-state index contributed by atoms with van der Waals surface area (Å²) in [4.78, 5) is 57.4. The normalized spacial score (nSPS) is 18.7. The van der Waals surface area contributed by atoms with Crippen LogP contribution in [0.2, 0.25) is 0 Å². The van der Waals surface area contributed by atoms with Crippen molar-refractivity contribution >= 4 is 23.5 Å². The number of carbonyl (C=O) groups is 4. The SMILES string of the molecule is CCC(C)C(CCC(C)C(=O)C(NC(=O)C(NC)C(C)C)C(C)C)C(CC(=O)N1CCCC1C(OC)C(C)C(=O)NC(Cc1ccccc1)c1nnc(-c2ccccc2)o1)OC. The third-order valence-electron chi connectivity index (χ3n) is 13.0. The van der Waals surface area contributed by atoms with Crippen LogP contribution in [0.3, 0.4) is 0 Å². The number of nitrogens with zero attached hydrogens (tertiary/aromatic N) is 3. The van der Waals surface area contributed by atoms with Crippen molar-refractivity contribution in [2.45, 2.75) is 137 Å². The van der Waals surface area contributed by atoms with Gasteiger partial charge in [-0.05, 0) is 74.1 Å². The monoisotopic (exact) mass is 859 g/mol. The van der Waals surface area contributed by atoms with Gasteiger partial charge >= 0.3 is 0 Å². The number of ether oxygens (including phenoxy) is 2. The fraction of sp³-hybridized carbons (Fsp3) is 0.633. The molecule has 10 atom stereocenters. The highest BCUT2D eigenvalue weighted by Gasteiger charge is 2.42. The molecule has 0 bridgehead atoms. The summed E-state index contributed by atoms with van der Waals surface area (Å²) in [5.41, 5.74) is 1.78. The standard InChI is InChI=1S/C49H74N6O7/c1-12-32(6)37(26-25-33(7)44(57)42(30(2)3)52-47(59)43(50-9)31(4)5)40(60-10)29-41(56)55-27-19-24-39(55)45(61-11)34(8)46(58)51-38(28-35-20-15-13-16-21-35)49-54-53-48(62-49)36-22-17-14-18-23-36/h13-18,20-23,30-34,37-40,42-43,45,50H,12,19,24-29H2,1-11H3,(H,51,58)(H,52,59). The topological polar surface area (TPSA) is 165 Å². The molecular formula is C49H74N6O7. The van der Waals surface area contributed by atoms with E-state index in [1.54, 1.807) is 21.3 Å². The molecule has 0 spiro atoms. The van der Waals surface area contributed by atoms with E-state index in [2.05, 4.69) is 40.0 Å². The fourth-order valence-electron chi connectivity index (χ4n) is 9.02. The number of rotatable bonds is 25. The Bertz CT molecular complexity index is 1840. The van der Waals surface area contributed by atoms with E-state index in [0.29, 0.717) is 44.0 Å². The quantitative estimate of drug-likeness (QED) is 0.0793. The lowest BCUT2D eigenvalue weighted by Crippen LogP contribution is -2.54. The average molecular weight is 859 g/mol. The van der Waals surface area contributed by atoms with E-state index in [1.165, 1.54) is 0 Å². The van der Waals surface area contributed by atoms with Crippen molar-refractivity contribution in [3.05, 3.63) is 72.1 Å². The molecule has 62 heavy (non-hydrogen) atoms. The van der Waals surface area contributed by atoms with E-state index in [9.17, 15) is 19.2 Å². The Morgan fingerprint density at radius 3 is 2.05 bits per heavy atom. The molecule has 1 aromatic heterocycles. The summed E-state index contributed by atoms with van der Waals surface area (Å²) >= 11 is 0. The van der Waals surface area contributed by atoms with Gasteiger partial charge < -0.3 is 34.7 Å². The summed E-state index contributed by atoms with van der Waals surface area (Å²) in [7, 11) is 5.01. The zero-order valence-electron chi connectivity index (χ0n) is 39.1. The van der Waals surface area contributed by atoms with Crippen LogP contribution in [0.25, 0.3) is 11.5 Å². The van der Waals surface area contributed by atoms with Crippen LogP contribution in [-0.4, -0.2) is 96.7 Å². The molecule has 13 heteroatoms. The number of nitrogens with one attached hydrogen (secondary N) is 3. The van der Waals surface area contributed by atoms with E-state index < -0.39 is 30.1 Å². The molecule has 3 aromatic rings. The molecule has 10 unspecified atom stereocenters. The molecule has 1 saturated heterocycles. The number of carbonyl (C=O) groups excluding carboxylic acids is 4. The van der Waals surface area contributed by atoms with Crippen molar-refractivity contribution in [1.82, 2.24) is 31.0 Å². The summed E-state index contributed by atoms with van der Waals surface area (Å²) in [5, 5.41) is 17.9. The lowest BCUT2D eigenvalue weighted by atomic mass is 9.79. The first kappa shape index (κ1) is 50.2. The Balaban J connectivity index is 1.45. The van der Waals surface area contributed by atoms with Gasteiger partial charge in [-0.3, -0.25) is 19.2 Å². The van der Waals surface area contributed by atoms with Crippen molar-refractivity contribution in [3.63, 3.8) is 0 Å². The van der Waals surface area contributed by atoms with Gasteiger partial charge in [0, 0.05) is 38.7 Å². The Labute approximate surface area is 370 Å². The molecule has 1 aliphatic rings. The van der Waals surface area contributed by atoms with Crippen LogP contribution < -0.4 is 16.0 Å². The number of methoxy groups -OCH3 is 2. The molecule has 13 nitrogen and oxygen atoms in total. The fourth-order valence-corrected chi connectivity index (χ4v) is 9.02. The lowest BCUT2D eigenvalue weighted by Gasteiger charge is -2.36. The van der Waals surface area contributed by atoms with Crippen LogP contribution in [0.1, 0.15) is 111 Å². The Hall–Kier alpha value is -4.46. The summed E-state index contributed by atoms with van der Waals surface area (Å²) in [5.74, 6) is -0.431. The van der Waals surface area contributed by atoms with E-state index in [4.69, 9.17) is 13.9 Å². The van der Waals surface area contributed by atoms with Crippen LogP contribution >= 0.6 is 0 Å². The third kappa shape index (κ3) is 13.3. The zero-order valence-corrected chi connectivity index (χ0v) is 39.1. The van der Waals surface area contributed by atoms with E-state index >= 15 is 0 Å². The number of ketones is 1. The molecule has 0 aliphatic carbocycles. The molecule has 0 radical (unpaired) electrons. The van der Waals surface area contributed by atoms with Gasteiger partial charge in [0.15, 0.2) is 5.78 Å². The van der Waals surface area contributed by atoms with Gasteiger partial charge in [-0.2, -0.15) is 0 Å². The van der Waals surface area contributed by atoms with Gasteiger partial charge in [0.2, 0.25) is 29.5 Å². The van der Waals surface area contributed by atoms with E-state index in [1.807, 2.05) is 107 Å². The van der Waals surface area contributed by atoms with Crippen LogP contribution in [0.5, 0.6) is 0 Å². The largest absolute Gasteiger partial charge is 0.418 e. The summed E-state index contributed by atoms with van der Waals surface area (Å²) < 4.78 is 18.3. The first-order valence-electron chi connectivity index (χ1n) is 22.7. The summed E-state index contributed by atoms with van der Waals surface area (Å²) in [6.07, 6.45) is 3.34. The van der Waals surface area contributed by atoms with Crippen molar-refractivity contribution in [3.8, 4) is 11.5 Å². The predicted octanol–water partition coefficient (Wildman–Crippen LogP) is 7.22. The van der Waals surface area contributed by atoms with Crippen LogP contribution in [0, 0.1) is 35.5 Å². The lowest BCUT2D eigenvalue weighted by molar-refractivity contribution is -0.143. The molecular weight excluding hydrogens is 785 g/mol. The van der Waals surface area contributed by atoms with Crippen LogP contribution in [0.4, 0.5) is 0 Å². The molecule has 3 amide bonds. The van der Waals surface area contributed by atoms with Gasteiger partial charge in [-0.1, -0.05) is 110 Å². The number of hydrogen-bond acceptors (Lipinski definition) is 10. The number of likely N-dealkylation sites (N-methyl/N-ethyl adjacent to an activating group) is 1. The number of hydrogen-bond donors (Lipinski definition) is 3. The highest BCUT2D eigenvalue weighted by atomic mass is 16.5. The smallest absolute Gasteiger partial charge is 0.247 e. The minimum atomic E-state index is -0.618. The average Bonchev–Trinajstić information content (AvgIpc) is 3.97.